The number of nitrogens with zero attached hydrogens (tertiary/aromatic N) is 1. The Morgan fingerprint density at radius 2 is 1.90 bits per heavy atom. The Kier molecular flexibility index (Phi) is 9.16. The van der Waals surface area contributed by atoms with Crippen LogP contribution in [0.4, 0.5) is 0 Å². The van der Waals surface area contributed by atoms with Gasteiger partial charge >= 0.3 is 0 Å². The topological polar surface area (TPSA) is 66.5 Å². The maximum atomic E-state index is 13.0. The highest BCUT2D eigenvalue weighted by Crippen LogP contribution is 2.26. The fourth-order valence-corrected chi connectivity index (χ4v) is 6.21. The molecular weight excluding hydrogens is 472 g/mol. The van der Waals surface area contributed by atoms with Crippen molar-refractivity contribution in [2.45, 2.75) is 34.8 Å². The van der Waals surface area contributed by atoms with Gasteiger partial charge in [-0.1, -0.05) is 23.7 Å². The molecule has 3 rings (SSSR count). The summed E-state index contributed by atoms with van der Waals surface area (Å²) in [5.74, 6) is 1.31. The van der Waals surface area contributed by atoms with Crippen LogP contribution in [0.25, 0.3) is 0 Å². The zero-order valence-electron chi connectivity index (χ0n) is 17.5. The molecule has 1 heterocycles. The minimum atomic E-state index is -3.69. The summed E-state index contributed by atoms with van der Waals surface area (Å²) < 4.78 is 28.2. The number of piperidine rings is 1. The maximum Gasteiger partial charge on any atom is 0.255 e. The van der Waals surface area contributed by atoms with Crippen LogP contribution in [0.1, 0.15) is 35.2 Å². The molecule has 0 bridgehead atoms. The van der Waals surface area contributed by atoms with Crippen LogP contribution in [0.2, 0.25) is 5.02 Å². The van der Waals surface area contributed by atoms with Crippen LogP contribution < -0.4 is 4.72 Å². The van der Waals surface area contributed by atoms with E-state index in [2.05, 4.69) is 4.72 Å². The number of halogens is 1. The van der Waals surface area contributed by atoms with Gasteiger partial charge < -0.3 is 4.90 Å². The lowest BCUT2D eigenvalue weighted by Gasteiger charge is -2.27. The highest BCUT2D eigenvalue weighted by Gasteiger charge is 2.23. The molecule has 1 N–H and O–H groups in total. The first-order chi connectivity index (χ1) is 14.9. The Bertz CT molecular complexity index is 1010. The lowest BCUT2D eigenvalue weighted by atomic mass is 10.1. The second kappa shape index (κ2) is 11.6. The van der Waals surface area contributed by atoms with E-state index in [0.29, 0.717) is 22.9 Å². The predicted molar refractivity (Wildman–Crippen MR) is 131 cm³/mol. The standard InChI is InChI=1S/C22H27ClN2O3S3/c1-29-21-9-8-19(15-20(21)22(26)25-11-3-2-4-12-25)31(27,28)24-10-13-30-16-17-6-5-7-18(23)14-17/h5-9,14-15,24H,2-4,10-13,16H2,1H3. The highest BCUT2D eigenvalue weighted by atomic mass is 35.5. The lowest BCUT2D eigenvalue weighted by Crippen LogP contribution is -2.36. The third-order valence-corrected chi connectivity index (χ3v) is 8.57. The Hall–Kier alpha value is -1.19. The molecule has 1 fully saturated rings. The minimum absolute atomic E-state index is 0.0850. The van der Waals surface area contributed by atoms with Gasteiger partial charge in [0.15, 0.2) is 0 Å². The molecule has 168 valence electrons. The Balaban J connectivity index is 1.61. The third kappa shape index (κ3) is 6.89. The number of amides is 1. The van der Waals surface area contributed by atoms with Crippen molar-refractivity contribution in [2.24, 2.45) is 0 Å². The molecule has 0 aliphatic carbocycles. The Morgan fingerprint density at radius 1 is 1.13 bits per heavy atom. The number of rotatable bonds is 9. The summed E-state index contributed by atoms with van der Waals surface area (Å²) in [5.41, 5.74) is 1.57. The minimum Gasteiger partial charge on any atom is -0.339 e. The number of carbonyl (C=O) groups excluding carboxylic acids is 1. The van der Waals surface area contributed by atoms with E-state index in [4.69, 9.17) is 11.6 Å². The average Bonchev–Trinajstić information content (AvgIpc) is 2.78. The van der Waals surface area contributed by atoms with Crippen LogP contribution in [-0.4, -0.2) is 50.9 Å². The van der Waals surface area contributed by atoms with Crippen molar-refractivity contribution in [2.75, 3.05) is 31.6 Å². The molecular formula is C22H27ClN2O3S3. The summed E-state index contributed by atoms with van der Waals surface area (Å²) in [4.78, 5) is 15.8. The molecule has 5 nitrogen and oxygen atoms in total. The summed E-state index contributed by atoms with van der Waals surface area (Å²) in [7, 11) is -3.69. The van der Waals surface area contributed by atoms with Crippen molar-refractivity contribution in [1.29, 1.82) is 0 Å². The smallest absolute Gasteiger partial charge is 0.255 e. The highest BCUT2D eigenvalue weighted by molar-refractivity contribution is 7.98. The van der Waals surface area contributed by atoms with Gasteiger partial charge in [-0.25, -0.2) is 13.1 Å². The van der Waals surface area contributed by atoms with E-state index in [-0.39, 0.29) is 10.8 Å². The number of carbonyl (C=O) groups is 1. The van der Waals surface area contributed by atoms with Crippen LogP contribution in [0, 0.1) is 0 Å². The van der Waals surface area contributed by atoms with Crippen molar-refractivity contribution in [3.63, 3.8) is 0 Å². The SMILES string of the molecule is CSc1ccc(S(=O)(=O)NCCSCc2cccc(Cl)c2)cc1C(=O)N1CCCCC1. The van der Waals surface area contributed by atoms with Crippen LogP contribution in [0.5, 0.6) is 0 Å². The molecule has 0 aromatic heterocycles. The number of benzene rings is 2. The molecule has 31 heavy (non-hydrogen) atoms. The molecule has 1 saturated heterocycles. The fourth-order valence-electron chi connectivity index (χ4n) is 3.44. The maximum absolute atomic E-state index is 13.0. The number of sulfonamides is 1. The van der Waals surface area contributed by atoms with Gasteiger partial charge in [0.2, 0.25) is 10.0 Å². The van der Waals surface area contributed by atoms with Gasteiger partial charge in [-0.05, 0) is 61.4 Å². The number of thioether (sulfide) groups is 2. The summed E-state index contributed by atoms with van der Waals surface area (Å²) in [6.07, 6.45) is 5.01. The second-order valence-electron chi connectivity index (χ2n) is 7.30. The van der Waals surface area contributed by atoms with E-state index in [9.17, 15) is 13.2 Å². The zero-order valence-corrected chi connectivity index (χ0v) is 20.7. The number of hydrogen-bond acceptors (Lipinski definition) is 5. The second-order valence-corrected chi connectivity index (χ2v) is 11.5. The van der Waals surface area contributed by atoms with Gasteiger partial charge in [0.25, 0.3) is 5.91 Å². The van der Waals surface area contributed by atoms with E-state index in [1.165, 1.54) is 17.8 Å². The fraction of sp³-hybridized carbons (Fsp3) is 0.409. The molecule has 0 saturated carbocycles. The van der Waals surface area contributed by atoms with Gasteiger partial charge in [0.05, 0.1) is 10.5 Å². The van der Waals surface area contributed by atoms with Crippen molar-refractivity contribution in [1.82, 2.24) is 9.62 Å². The average molecular weight is 499 g/mol. The largest absolute Gasteiger partial charge is 0.339 e. The molecule has 2 aromatic carbocycles. The number of hydrogen-bond donors (Lipinski definition) is 1. The first-order valence-electron chi connectivity index (χ1n) is 10.2. The molecule has 0 spiro atoms. The van der Waals surface area contributed by atoms with Crippen molar-refractivity contribution in [3.8, 4) is 0 Å². The van der Waals surface area contributed by atoms with E-state index in [1.807, 2.05) is 35.4 Å². The quantitative estimate of drug-likeness (QED) is 0.393. The van der Waals surface area contributed by atoms with Crippen LogP contribution in [0.15, 0.2) is 52.3 Å². The van der Waals surface area contributed by atoms with Gasteiger partial charge in [0, 0.05) is 41.1 Å². The monoisotopic (exact) mass is 498 g/mol. The van der Waals surface area contributed by atoms with Gasteiger partial charge in [-0.15, -0.1) is 11.8 Å². The summed E-state index contributed by atoms with van der Waals surface area (Å²) in [5, 5.41) is 0.697. The van der Waals surface area contributed by atoms with Crippen molar-refractivity contribution in [3.05, 3.63) is 58.6 Å². The Morgan fingerprint density at radius 3 is 2.61 bits per heavy atom. The normalized spacial score (nSPS) is 14.6. The van der Waals surface area contributed by atoms with Gasteiger partial charge in [-0.3, -0.25) is 4.79 Å². The molecule has 1 amide bonds. The van der Waals surface area contributed by atoms with Crippen molar-refractivity contribution >= 4 is 51.1 Å². The first kappa shape index (κ1) is 24.5. The zero-order chi connectivity index (χ0) is 22.3. The van der Waals surface area contributed by atoms with E-state index in [0.717, 1.165) is 48.6 Å². The summed E-state index contributed by atoms with van der Waals surface area (Å²) >= 11 is 9.08. The van der Waals surface area contributed by atoms with Crippen LogP contribution >= 0.6 is 35.1 Å². The summed E-state index contributed by atoms with van der Waals surface area (Å²) in [6.45, 7) is 1.77. The lowest BCUT2D eigenvalue weighted by molar-refractivity contribution is 0.0720. The molecule has 1 aliphatic heterocycles. The number of nitrogens with one attached hydrogen (secondary N) is 1. The van der Waals surface area contributed by atoms with Crippen LogP contribution in [-0.2, 0) is 15.8 Å². The van der Waals surface area contributed by atoms with Gasteiger partial charge in [0.1, 0.15) is 0 Å². The molecule has 1 aliphatic rings. The first-order valence-corrected chi connectivity index (χ1v) is 14.4. The van der Waals surface area contributed by atoms with E-state index in [1.54, 1.807) is 23.9 Å². The number of likely N-dealkylation sites (tertiary alicyclic amines) is 1. The van der Waals surface area contributed by atoms with Crippen LogP contribution in [0.3, 0.4) is 0 Å². The molecule has 0 atom stereocenters. The van der Waals surface area contributed by atoms with E-state index < -0.39 is 10.0 Å². The van der Waals surface area contributed by atoms with E-state index >= 15 is 0 Å². The molecule has 9 heteroatoms. The molecule has 2 aromatic rings. The third-order valence-electron chi connectivity index (χ3n) is 5.05. The van der Waals surface area contributed by atoms with Gasteiger partial charge in [-0.2, -0.15) is 11.8 Å². The Labute approximate surface area is 198 Å². The predicted octanol–water partition coefficient (Wildman–Crippen LogP) is 4.90. The molecule has 0 radical (unpaired) electrons. The summed E-state index contributed by atoms with van der Waals surface area (Å²) in [6, 6.07) is 12.5. The van der Waals surface area contributed by atoms with Crippen molar-refractivity contribution < 1.29 is 13.2 Å². The molecule has 0 unspecified atom stereocenters.